The molecule has 0 unspecified atom stereocenters. The number of carbonyl (C=O) groups is 1. The molecule has 7 nitrogen and oxygen atoms in total. The normalized spacial score (nSPS) is 11.1. The molecule has 0 radical (unpaired) electrons. The largest absolute Gasteiger partial charge is 0.467 e. The van der Waals surface area contributed by atoms with Gasteiger partial charge in [0, 0.05) is 29.7 Å². The van der Waals surface area contributed by atoms with E-state index in [2.05, 4.69) is 15.4 Å². The first kappa shape index (κ1) is 18.9. The number of rotatable bonds is 6. The molecule has 4 rings (SSSR count). The predicted octanol–water partition coefficient (Wildman–Crippen LogP) is 3.75. The van der Waals surface area contributed by atoms with Crippen LogP contribution in [0.15, 0.2) is 89.4 Å². The first-order valence-corrected chi connectivity index (χ1v) is 9.22. The third kappa shape index (κ3) is 4.18. The molecule has 4 aromatic rings. The Hall–Kier alpha value is -4.44. The SMILES string of the molecule is N#CC(=Cc1cn(-c2ccccc2)nc1-c1ccncc1)C(=O)NCc1ccco1. The van der Waals surface area contributed by atoms with E-state index in [1.54, 1.807) is 41.5 Å². The molecule has 0 saturated heterocycles. The third-order valence-corrected chi connectivity index (χ3v) is 4.39. The zero-order chi connectivity index (χ0) is 20.8. The maximum absolute atomic E-state index is 12.5. The van der Waals surface area contributed by atoms with Crippen molar-refractivity contribution in [3.8, 4) is 23.0 Å². The van der Waals surface area contributed by atoms with Crippen LogP contribution < -0.4 is 5.32 Å². The van der Waals surface area contributed by atoms with Gasteiger partial charge in [0.15, 0.2) is 0 Å². The van der Waals surface area contributed by atoms with Crippen LogP contribution in [0, 0.1) is 11.3 Å². The lowest BCUT2D eigenvalue weighted by Gasteiger charge is -2.02. The van der Waals surface area contributed by atoms with Gasteiger partial charge < -0.3 is 9.73 Å². The number of pyridine rings is 1. The molecule has 0 aliphatic rings. The zero-order valence-corrected chi connectivity index (χ0v) is 15.9. The third-order valence-electron chi connectivity index (χ3n) is 4.39. The van der Waals surface area contributed by atoms with E-state index in [1.807, 2.05) is 48.5 Å². The number of amides is 1. The van der Waals surface area contributed by atoms with E-state index in [0.717, 1.165) is 11.3 Å². The summed E-state index contributed by atoms with van der Waals surface area (Å²) in [5.74, 6) is 0.122. The molecule has 0 saturated carbocycles. The number of para-hydroxylation sites is 1. The van der Waals surface area contributed by atoms with E-state index in [4.69, 9.17) is 4.42 Å². The van der Waals surface area contributed by atoms with Crippen molar-refractivity contribution in [1.29, 1.82) is 5.26 Å². The Morgan fingerprint density at radius 2 is 1.93 bits per heavy atom. The molecule has 0 bridgehead atoms. The van der Waals surface area contributed by atoms with Gasteiger partial charge in [-0.05, 0) is 42.5 Å². The monoisotopic (exact) mass is 395 g/mol. The van der Waals surface area contributed by atoms with Gasteiger partial charge in [-0.1, -0.05) is 18.2 Å². The van der Waals surface area contributed by atoms with Crippen molar-refractivity contribution in [3.63, 3.8) is 0 Å². The number of nitrogens with one attached hydrogen (secondary N) is 1. The first-order chi connectivity index (χ1) is 14.7. The van der Waals surface area contributed by atoms with E-state index < -0.39 is 5.91 Å². The minimum absolute atomic E-state index is 0.0236. The lowest BCUT2D eigenvalue weighted by molar-refractivity contribution is -0.117. The number of aromatic nitrogens is 3. The molecule has 0 fully saturated rings. The van der Waals surface area contributed by atoms with E-state index in [1.165, 1.54) is 6.26 Å². The Morgan fingerprint density at radius 3 is 2.63 bits per heavy atom. The molecule has 146 valence electrons. The fraction of sp³-hybridized carbons (Fsp3) is 0.0435. The van der Waals surface area contributed by atoms with Crippen LogP contribution in [-0.4, -0.2) is 20.7 Å². The van der Waals surface area contributed by atoms with Gasteiger partial charge in [-0.3, -0.25) is 9.78 Å². The van der Waals surface area contributed by atoms with Crippen molar-refractivity contribution in [2.75, 3.05) is 0 Å². The molecule has 30 heavy (non-hydrogen) atoms. The number of nitriles is 1. The summed E-state index contributed by atoms with van der Waals surface area (Å²) >= 11 is 0. The molecule has 1 aromatic carbocycles. The van der Waals surface area contributed by atoms with Gasteiger partial charge in [-0.15, -0.1) is 0 Å². The molecule has 1 N–H and O–H groups in total. The minimum atomic E-state index is -0.484. The van der Waals surface area contributed by atoms with Crippen LogP contribution in [0.5, 0.6) is 0 Å². The summed E-state index contributed by atoms with van der Waals surface area (Å²) in [4.78, 5) is 16.6. The zero-order valence-electron chi connectivity index (χ0n) is 15.9. The van der Waals surface area contributed by atoms with Gasteiger partial charge in [0.1, 0.15) is 23.1 Å². The van der Waals surface area contributed by atoms with Gasteiger partial charge in [0.25, 0.3) is 5.91 Å². The highest BCUT2D eigenvalue weighted by molar-refractivity contribution is 6.02. The van der Waals surface area contributed by atoms with Crippen molar-refractivity contribution < 1.29 is 9.21 Å². The Kier molecular flexibility index (Phi) is 5.49. The van der Waals surface area contributed by atoms with Gasteiger partial charge in [-0.25, -0.2) is 4.68 Å². The summed E-state index contributed by atoms with van der Waals surface area (Å²) in [6.07, 6.45) is 8.21. The highest BCUT2D eigenvalue weighted by Gasteiger charge is 2.15. The Balaban J connectivity index is 1.69. The molecular formula is C23H17N5O2. The van der Waals surface area contributed by atoms with Crippen LogP contribution in [0.4, 0.5) is 0 Å². The standard InChI is InChI=1S/C23H17N5O2/c24-14-18(23(29)26-15-21-7-4-12-30-21)13-19-16-28(20-5-2-1-3-6-20)27-22(19)17-8-10-25-11-9-17/h1-13,16H,15H2,(H,26,29). The van der Waals surface area contributed by atoms with Crippen molar-refractivity contribution in [3.05, 3.63) is 96.3 Å². The van der Waals surface area contributed by atoms with Gasteiger partial charge >= 0.3 is 0 Å². The minimum Gasteiger partial charge on any atom is -0.467 e. The highest BCUT2D eigenvalue weighted by atomic mass is 16.3. The fourth-order valence-electron chi connectivity index (χ4n) is 2.92. The summed E-state index contributed by atoms with van der Waals surface area (Å²) in [5, 5.41) is 16.9. The van der Waals surface area contributed by atoms with Crippen molar-refractivity contribution in [2.24, 2.45) is 0 Å². The van der Waals surface area contributed by atoms with Gasteiger partial charge in [0.2, 0.25) is 0 Å². The van der Waals surface area contributed by atoms with E-state index in [0.29, 0.717) is 17.0 Å². The van der Waals surface area contributed by atoms with Crippen LogP contribution in [0.3, 0.4) is 0 Å². The van der Waals surface area contributed by atoms with Crippen molar-refractivity contribution >= 4 is 12.0 Å². The quantitative estimate of drug-likeness (QED) is 0.396. The van der Waals surface area contributed by atoms with Crippen LogP contribution >= 0.6 is 0 Å². The van der Waals surface area contributed by atoms with Crippen LogP contribution in [0.25, 0.3) is 23.0 Å². The lowest BCUT2D eigenvalue weighted by Crippen LogP contribution is -2.23. The maximum Gasteiger partial charge on any atom is 0.262 e. The number of nitrogens with zero attached hydrogens (tertiary/aromatic N) is 4. The molecule has 0 spiro atoms. The molecular weight excluding hydrogens is 378 g/mol. The number of hydrogen-bond donors (Lipinski definition) is 1. The maximum atomic E-state index is 12.5. The van der Waals surface area contributed by atoms with Crippen LogP contribution in [-0.2, 0) is 11.3 Å². The molecule has 3 aromatic heterocycles. The first-order valence-electron chi connectivity index (χ1n) is 9.22. The molecule has 0 aliphatic carbocycles. The van der Waals surface area contributed by atoms with Gasteiger partial charge in [-0.2, -0.15) is 10.4 Å². The number of furan rings is 1. The Labute approximate surface area is 172 Å². The average Bonchev–Trinajstić information content (AvgIpc) is 3.47. The summed E-state index contributed by atoms with van der Waals surface area (Å²) in [6.45, 7) is 0.200. The van der Waals surface area contributed by atoms with Crippen LogP contribution in [0.2, 0.25) is 0 Å². The molecule has 0 aliphatic heterocycles. The lowest BCUT2D eigenvalue weighted by atomic mass is 10.1. The van der Waals surface area contributed by atoms with Crippen molar-refractivity contribution in [1.82, 2.24) is 20.1 Å². The van der Waals surface area contributed by atoms with Gasteiger partial charge in [0.05, 0.1) is 18.5 Å². The molecule has 1 amide bonds. The molecule has 3 heterocycles. The fourth-order valence-corrected chi connectivity index (χ4v) is 2.92. The smallest absolute Gasteiger partial charge is 0.262 e. The summed E-state index contributed by atoms with van der Waals surface area (Å²) in [5.41, 5.74) is 2.97. The topological polar surface area (TPSA) is 96.7 Å². The summed E-state index contributed by atoms with van der Waals surface area (Å²) < 4.78 is 6.93. The summed E-state index contributed by atoms with van der Waals surface area (Å²) in [6, 6.07) is 18.7. The Morgan fingerprint density at radius 1 is 1.13 bits per heavy atom. The highest BCUT2D eigenvalue weighted by Crippen LogP contribution is 2.25. The summed E-state index contributed by atoms with van der Waals surface area (Å²) in [7, 11) is 0. The number of hydrogen-bond acceptors (Lipinski definition) is 5. The number of benzene rings is 1. The van der Waals surface area contributed by atoms with E-state index >= 15 is 0 Å². The Bertz CT molecular complexity index is 1200. The number of carbonyl (C=O) groups excluding carboxylic acids is 1. The molecule has 7 heteroatoms. The van der Waals surface area contributed by atoms with E-state index in [9.17, 15) is 10.1 Å². The second-order valence-corrected chi connectivity index (χ2v) is 6.38. The van der Waals surface area contributed by atoms with Crippen LogP contribution in [0.1, 0.15) is 11.3 Å². The molecule has 0 atom stereocenters. The second kappa shape index (κ2) is 8.71. The van der Waals surface area contributed by atoms with Crippen molar-refractivity contribution in [2.45, 2.75) is 6.54 Å². The van der Waals surface area contributed by atoms with E-state index in [-0.39, 0.29) is 12.1 Å². The average molecular weight is 395 g/mol. The predicted molar refractivity (Wildman–Crippen MR) is 111 cm³/mol. The second-order valence-electron chi connectivity index (χ2n) is 6.38.